The van der Waals surface area contributed by atoms with Gasteiger partial charge in [0.2, 0.25) is 5.82 Å². The van der Waals surface area contributed by atoms with Gasteiger partial charge in [-0.25, -0.2) is 4.79 Å². The van der Waals surface area contributed by atoms with E-state index in [1.54, 1.807) is 6.92 Å². The summed E-state index contributed by atoms with van der Waals surface area (Å²) in [5, 5.41) is 18.1. The van der Waals surface area contributed by atoms with E-state index in [2.05, 4.69) is 15.5 Å². The zero-order valence-electron chi connectivity index (χ0n) is 16.4. The average Bonchev–Trinajstić information content (AvgIpc) is 3.25. The number of nitro groups is 1. The largest absolute Gasteiger partial charge is 0.449 e. The zero-order chi connectivity index (χ0) is 21.5. The summed E-state index contributed by atoms with van der Waals surface area (Å²) in [6.07, 6.45) is -0.832. The molecule has 10 heteroatoms. The highest BCUT2D eigenvalue weighted by molar-refractivity contribution is 5.91. The second kappa shape index (κ2) is 9.61. The lowest BCUT2D eigenvalue weighted by atomic mass is 10.1. The van der Waals surface area contributed by atoms with Crippen LogP contribution in [0.25, 0.3) is 11.4 Å². The van der Waals surface area contributed by atoms with Crippen molar-refractivity contribution in [3.63, 3.8) is 0 Å². The fraction of sp³-hybridized carbons (Fsp3) is 0.250. The summed E-state index contributed by atoms with van der Waals surface area (Å²) in [5.74, 6) is -0.251. The van der Waals surface area contributed by atoms with Gasteiger partial charge < -0.3 is 19.3 Å². The maximum absolute atomic E-state index is 12.5. The molecular weight excluding hydrogens is 392 g/mol. The number of carbonyl (C=O) groups excluding carboxylic acids is 1. The molecule has 0 aliphatic rings. The molecule has 1 aromatic heterocycles. The van der Waals surface area contributed by atoms with E-state index in [1.165, 1.54) is 19.2 Å². The number of carbonyl (C=O) groups is 1. The molecule has 10 nitrogen and oxygen atoms in total. The predicted octanol–water partition coefficient (Wildman–Crippen LogP) is 3.62. The summed E-state index contributed by atoms with van der Waals surface area (Å²) in [4.78, 5) is 27.5. The number of rotatable bonds is 9. The van der Waals surface area contributed by atoms with Crippen LogP contribution in [0.5, 0.6) is 0 Å². The number of hydrogen-bond acceptors (Lipinski definition) is 9. The van der Waals surface area contributed by atoms with Crippen LogP contribution in [0.15, 0.2) is 53.1 Å². The molecule has 1 heterocycles. The molecule has 3 aromatic rings. The number of hydrogen-bond donors (Lipinski definition) is 1. The molecule has 0 radical (unpaired) electrons. The van der Waals surface area contributed by atoms with Gasteiger partial charge in [0.1, 0.15) is 5.69 Å². The van der Waals surface area contributed by atoms with E-state index in [1.807, 2.05) is 30.3 Å². The first-order valence-electron chi connectivity index (χ1n) is 9.11. The van der Waals surface area contributed by atoms with Crippen LogP contribution in [0.4, 0.5) is 11.4 Å². The number of benzene rings is 2. The van der Waals surface area contributed by atoms with Gasteiger partial charge in [0.25, 0.3) is 11.6 Å². The number of aromatic nitrogens is 2. The third-order valence-corrected chi connectivity index (χ3v) is 4.16. The minimum Gasteiger partial charge on any atom is -0.449 e. The predicted molar refractivity (Wildman–Crippen MR) is 107 cm³/mol. The zero-order valence-corrected chi connectivity index (χ0v) is 16.4. The van der Waals surface area contributed by atoms with Crippen molar-refractivity contribution in [3.05, 3.63) is 70.1 Å². The molecule has 0 saturated heterocycles. The van der Waals surface area contributed by atoms with Gasteiger partial charge in [-0.1, -0.05) is 35.5 Å². The number of nitrogens with one attached hydrogen (secondary N) is 1. The number of nitrogens with zero attached hydrogens (tertiary/aromatic N) is 3. The van der Waals surface area contributed by atoms with Gasteiger partial charge in [-0.3, -0.25) is 10.1 Å². The van der Waals surface area contributed by atoms with E-state index < -0.39 is 17.0 Å². The molecule has 0 fully saturated rings. The maximum atomic E-state index is 12.5. The highest BCUT2D eigenvalue weighted by atomic mass is 16.6. The van der Waals surface area contributed by atoms with Crippen molar-refractivity contribution < 1.29 is 23.7 Å². The molecule has 0 saturated carbocycles. The van der Waals surface area contributed by atoms with Gasteiger partial charge >= 0.3 is 5.97 Å². The lowest BCUT2D eigenvalue weighted by Gasteiger charge is -2.11. The van der Waals surface area contributed by atoms with Crippen LogP contribution >= 0.6 is 0 Å². The van der Waals surface area contributed by atoms with E-state index in [4.69, 9.17) is 14.0 Å². The Hall–Kier alpha value is -3.79. The number of methoxy groups -OCH3 is 1. The Morgan fingerprint density at radius 2 is 2.03 bits per heavy atom. The van der Waals surface area contributed by atoms with Crippen molar-refractivity contribution in [1.29, 1.82) is 0 Å². The average molecular weight is 412 g/mol. The second-order valence-electron chi connectivity index (χ2n) is 6.28. The standard InChI is InChI=1S/C20H20N4O6/c1-13(19-22-18(23-30-19)14-6-4-3-5-7-14)29-20(25)15-8-9-16(21-10-11-28-2)17(12-15)24(26)27/h3-9,12-13,21H,10-11H2,1-2H3/t13-/m0/s1. The quantitative estimate of drug-likeness (QED) is 0.242. The van der Waals surface area contributed by atoms with Crippen LogP contribution in [0.1, 0.15) is 29.3 Å². The summed E-state index contributed by atoms with van der Waals surface area (Å²) in [7, 11) is 1.53. The topological polar surface area (TPSA) is 130 Å². The van der Waals surface area contributed by atoms with E-state index in [0.717, 1.165) is 11.6 Å². The molecule has 1 atom stereocenters. The van der Waals surface area contributed by atoms with Crippen LogP contribution in [-0.4, -0.2) is 41.3 Å². The fourth-order valence-corrected chi connectivity index (χ4v) is 2.63. The lowest BCUT2D eigenvalue weighted by molar-refractivity contribution is -0.384. The van der Waals surface area contributed by atoms with E-state index in [9.17, 15) is 14.9 Å². The number of ether oxygens (including phenoxy) is 2. The molecule has 0 aliphatic heterocycles. The molecule has 0 spiro atoms. The third kappa shape index (κ3) is 4.97. The molecule has 0 unspecified atom stereocenters. The van der Waals surface area contributed by atoms with Crippen molar-refractivity contribution in [2.75, 3.05) is 25.6 Å². The van der Waals surface area contributed by atoms with Crippen molar-refractivity contribution in [2.45, 2.75) is 13.0 Å². The second-order valence-corrected chi connectivity index (χ2v) is 6.28. The van der Waals surface area contributed by atoms with Crippen LogP contribution in [0, 0.1) is 10.1 Å². The molecule has 30 heavy (non-hydrogen) atoms. The van der Waals surface area contributed by atoms with Crippen molar-refractivity contribution in [2.24, 2.45) is 0 Å². The van der Waals surface area contributed by atoms with Gasteiger partial charge in [0, 0.05) is 25.3 Å². The smallest absolute Gasteiger partial charge is 0.339 e. The summed E-state index contributed by atoms with van der Waals surface area (Å²) >= 11 is 0. The van der Waals surface area contributed by atoms with Gasteiger partial charge in [-0.2, -0.15) is 4.98 Å². The van der Waals surface area contributed by atoms with Crippen molar-refractivity contribution in [3.8, 4) is 11.4 Å². The molecular formula is C20H20N4O6. The number of nitro benzene ring substituents is 1. The van der Waals surface area contributed by atoms with Crippen LogP contribution in [-0.2, 0) is 9.47 Å². The minimum absolute atomic E-state index is 0.0358. The Morgan fingerprint density at radius 1 is 1.27 bits per heavy atom. The summed E-state index contributed by atoms with van der Waals surface area (Å²) < 4.78 is 15.4. The van der Waals surface area contributed by atoms with Gasteiger partial charge in [-0.15, -0.1) is 0 Å². The monoisotopic (exact) mass is 412 g/mol. The minimum atomic E-state index is -0.832. The molecule has 0 bridgehead atoms. The Balaban J connectivity index is 1.71. The first-order chi connectivity index (χ1) is 14.5. The van der Waals surface area contributed by atoms with E-state index >= 15 is 0 Å². The summed E-state index contributed by atoms with van der Waals surface area (Å²) in [5.41, 5.74) is 0.843. The number of esters is 1. The molecule has 0 amide bonds. The first-order valence-corrected chi connectivity index (χ1v) is 9.11. The summed E-state index contributed by atoms with van der Waals surface area (Å²) in [6, 6.07) is 13.3. The highest BCUT2D eigenvalue weighted by Crippen LogP contribution is 2.27. The van der Waals surface area contributed by atoms with Crippen LogP contribution in [0.3, 0.4) is 0 Å². The first kappa shape index (κ1) is 20.9. The molecule has 3 rings (SSSR count). The van der Waals surface area contributed by atoms with Crippen molar-refractivity contribution in [1.82, 2.24) is 10.1 Å². The van der Waals surface area contributed by atoms with Crippen LogP contribution < -0.4 is 5.32 Å². The molecule has 0 aliphatic carbocycles. The summed E-state index contributed by atoms with van der Waals surface area (Å²) in [6.45, 7) is 2.35. The molecule has 1 N–H and O–H groups in total. The molecule has 156 valence electrons. The Morgan fingerprint density at radius 3 is 2.73 bits per heavy atom. The van der Waals surface area contributed by atoms with E-state index in [0.29, 0.717) is 19.0 Å². The number of anilines is 1. The normalized spacial score (nSPS) is 11.7. The Kier molecular flexibility index (Phi) is 6.71. The van der Waals surface area contributed by atoms with Gasteiger partial charge in [0.15, 0.2) is 6.10 Å². The SMILES string of the molecule is COCCNc1ccc(C(=O)O[C@@H](C)c2nc(-c3ccccc3)no2)cc1[N+](=O)[O-]. The fourth-order valence-electron chi connectivity index (χ4n) is 2.63. The van der Waals surface area contributed by atoms with Crippen molar-refractivity contribution >= 4 is 17.3 Å². The van der Waals surface area contributed by atoms with Gasteiger partial charge in [-0.05, 0) is 19.1 Å². The van der Waals surface area contributed by atoms with E-state index in [-0.39, 0.29) is 22.8 Å². The Labute approximate surface area is 172 Å². The Bertz CT molecular complexity index is 1020. The lowest BCUT2D eigenvalue weighted by Crippen LogP contribution is -2.12. The third-order valence-electron chi connectivity index (χ3n) is 4.16. The van der Waals surface area contributed by atoms with Crippen LogP contribution in [0.2, 0.25) is 0 Å². The highest BCUT2D eigenvalue weighted by Gasteiger charge is 2.23. The van der Waals surface area contributed by atoms with Gasteiger partial charge in [0.05, 0.1) is 17.1 Å². The maximum Gasteiger partial charge on any atom is 0.339 e. The molecule has 2 aromatic carbocycles.